The van der Waals surface area contributed by atoms with Crippen LogP contribution in [0, 0.1) is 0 Å². The van der Waals surface area contributed by atoms with Crippen LogP contribution in [0.2, 0.25) is 0 Å². The van der Waals surface area contributed by atoms with Gasteiger partial charge in [0.05, 0.1) is 0 Å². The van der Waals surface area contributed by atoms with Crippen LogP contribution in [-0.2, 0) is 43.1 Å². The van der Waals surface area contributed by atoms with Gasteiger partial charge in [-0.05, 0) is 84.0 Å². The van der Waals surface area contributed by atoms with Crippen molar-refractivity contribution in [3.63, 3.8) is 0 Å². The summed E-state index contributed by atoms with van der Waals surface area (Å²) in [4.78, 5) is 85.6. The van der Waals surface area contributed by atoms with Crippen LogP contribution in [0.1, 0.15) is 71.1 Å². The average molecular weight is 798 g/mol. The van der Waals surface area contributed by atoms with Gasteiger partial charge in [0.2, 0.25) is 11.8 Å². The number of nitrogens with one attached hydrogen (secondary N) is 3. The van der Waals surface area contributed by atoms with Crippen LogP contribution in [0.15, 0.2) is 97.1 Å². The Labute approximate surface area is 338 Å². The maximum Gasteiger partial charge on any atom is 0.405 e. The molecule has 0 radical (unpaired) electrons. The Morgan fingerprint density at radius 2 is 1.14 bits per heavy atom. The van der Waals surface area contributed by atoms with E-state index < -0.39 is 59.0 Å². The number of carbonyl (C=O) groups is 6. The Morgan fingerprint density at radius 3 is 1.63 bits per heavy atom. The normalized spacial score (nSPS) is 20.6. The molecule has 1 aromatic heterocycles. The molecule has 1 aliphatic carbocycles. The number of rotatable bonds is 10. The van der Waals surface area contributed by atoms with E-state index in [1.54, 1.807) is 72.8 Å². The van der Waals surface area contributed by atoms with E-state index >= 15 is 0 Å². The van der Waals surface area contributed by atoms with E-state index in [2.05, 4.69) is 15.6 Å². The Hall–Kier alpha value is -7.16. The van der Waals surface area contributed by atoms with Gasteiger partial charge in [-0.3, -0.25) is 19.2 Å². The number of aromatic nitrogens is 1. The number of likely N-dealkylation sites (tertiary alicyclic amines) is 2. The molecule has 9 N–H and O–H groups in total. The van der Waals surface area contributed by atoms with Crippen LogP contribution in [0.3, 0.4) is 0 Å². The number of aryl methyl sites for hydroxylation is 2. The third-order valence-corrected chi connectivity index (χ3v) is 12.3. The first-order valence-corrected chi connectivity index (χ1v) is 19.5. The maximum atomic E-state index is 14.3. The smallest absolute Gasteiger partial charge is 0.405 e. The van der Waals surface area contributed by atoms with Gasteiger partial charge in [0.1, 0.15) is 23.2 Å². The number of hydrogen-bond acceptors (Lipinski definition) is 6. The number of hydrogen-bond donors (Lipinski definition) is 7. The van der Waals surface area contributed by atoms with Gasteiger partial charge < -0.3 is 47.1 Å². The van der Waals surface area contributed by atoms with Crippen LogP contribution < -0.4 is 22.1 Å². The number of benzene rings is 4. The molecule has 15 nitrogen and oxygen atoms in total. The van der Waals surface area contributed by atoms with Crippen LogP contribution in [-0.4, -0.2) is 73.9 Å². The van der Waals surface area contributed by atoms with E-state index in [4.69, 9.17) is 11.5 Å². The van der Waals surface area contributed by atoms with Gasteiger partial charge in [0.15, 0.2) is 0 Å². The third-order valence-electron chi connectivity index (χ3n) is 12.3. The first-order chi connectivity index (χ1) is 28.4. The molecular formula is C44H43N7O8. The van der Waals surface area contributed by atoms with Crippen molar-refractivity contribution >= 4 is 46.7 Å². The molecule has 0 bridgehead atoms. The molecule has 2 fully saturated rings. The topological polar surface area (TPSA) is 241 Å². The van der Waals surface area contributed by atoms with Gasteiger partial charge in [0.25, 0.3) is 11.8 Å². The van der Waals surface area contributed by atoms with E-state index in [0.717, 1.165) is 33.3 Å². The van der Waals surface area contributed by atoms with Crippen molar-refractivity contribution < 1.29 is 39.0 Å². The summed E-state index contributed by atoms with van der Waals surface area (Å²) in [5, 5.41) is 24.8. The van der Waals surface area contributed by atoms with Crippen molar-refractivity contribution in [2.24, 2.45) is 11.5 Å². The third kappa shape index (κ3) is 6.38. The van der Waals surface area contributed by atoms with Crippen molar-refractivity contribution in [3.05, 3.63) is 130 Å². The Kier molecular flexibility index (Phi) is 9.82. The number of amides is 6. The number of fused-ring (bicyclic) bond motifs is 5. The minimum absolute atomic E-state index is 0.199. The highest BCUT2D eigenvalue weighted by Crippen LogP contribution is 2.46. The van der Waals surface area contributed by atoms with Crippen molar-refractivity contribution in [2.45, 2.75) is 61.7 Å². The molecule has 4 aromatic carbocycles. The lowest BCUT2D eigenvalue weighted by Gasteiger charge is -2.38. The molecule has 3 aliphatic rings. The Bertz CT molecular complexity index is 2520. The molecule has 2 saturated heterocycles. The number of aromatic amines is 1. The summed E-state index contributed by atoms with van der Waals surface area (Å²) >= 11 is 0. The minimum atomic E-state index is -1.53. The second kappa shape index (κ2) is 15.0. The SMILES string of the molecule is NC(=O)[C@@]1(c2ccc3c(c2)CCc2c-3[nH]c3ccc([C@]4(C(N)=O)CCCN4C(=O)[C@@H](NC(=O)O)c4ccccc4)cc23)CCCN1C(=O)[C@@H](NC(=O)O)c1ccccc1. The van der Waals surface area contributed by atoms with Crippen molar-refractivity contribution in [3.8, 4) is 11.3 Å². The van der Waals surface area contributed by atoms with Crippen LogP contribution in [0.25, 0.3) is 22.2 Å². The Balaban J connectivity index is 1.15. The lowest BCUT2D eigenvalue weighted by molar-refractivity contribution is -0.145. The molecule has 0 saturated carbocycles. The highest BCUT2D eigenvalue weighted by atomic mass is 16.4. The quantitative estimate of drug-likeness (QED) is 0.105. The molecule has 2 aliphatic heterocycles. The van der Waals surface area contributed by atoms with E-state index in [-0.39, 0.29) is 25.9 Å². The average Bonchev–Trinajstić information content (AvgIpc) is 3.98. The standard InChI is InChI=1S/C44H43N7O8/c45-39(54)43(19-7-21-50(43)37(52)34(48-41(56)57)25-9-3-1-4-10-25)28-14-17-30-27(23-28)13-16-31-32-24-29(15-18-33(32)47-36(30)31)44(40(46)55)20-8-22-51(44)38(53)35(49-42(58)59)26-11-5-2-6-12-26/h1-6,9-12,14-15,17-18,23-24,34-35,47-49H,7-8,13,16,19-22H2,(H2,45,54)(H2,46,55)(H,56,57)(H,58,59)/t34-,35-,43-,44-/m0/s1. The first-order valence-electron chi connectivity index (χ1n) is 19.5. The summed E-state index contributed by atoms with van der Waals surface area (Å²) in [5.74, 6) is -2.59. The summed E-state index contributed by atoms with van der Waals surface area (Å²) in [6.45, 7) is 0.404. The van der Waals surface area contributed by atoms with E-state index in [1.165, 1.54) is 9.80 Å². The number of carboxylic acid groups (broad SMARTS) is 2. The van der Waals surface area contributed by atoms with Gasteiger partial charge in [-0.1, -0.05) is 84.9 Å². The zero-order chi connectivity index (χ0) is 41.6. The van der Waals surface area contributed by atoms with Crippen LogP contribution in [0.4, 0.5) is 9.59 Å². The van der Waals surface area contributed by atoms with Crippen molar-refractivity contribution in [1.29, 1.82) is 0 Å². The second-order valence-electron chi connectivity index (χ2n) is 15.3. The Morgan fingerprint density at radius 1 is 0.644 bits per heavy atom. The molecule has 15 heteroatoms. The van der Waals surface area contributed by atoms with Gasteiger partial charge in [-0.25, -0.2) is 9.59 Å². The highest BCUT2D eigenvalue weighted by Gasteiger charge is 2.53. The summed E-state index contributed by atoms with van der Waals surface area (Å²) in [5.41, 5.74) is 15.7. The summed E-state index contributed by atoms with van der Waals surface area (Å²) < 4.78 is 0. The maximum absolute atomic E-state index is 14.3. The number of nitrogens with two attached hydrogens (primary N) is 2. The van der Waals surface area contributed by atoms with Crippen LogP contribution in [0.5, 0.6) is 0 Å². The number of carbonyl (C=O) groups excluding carboxylic acids is 4. The lowest BCUT2D eigenvalue weighted by atomic mass is 9.80. The van der Waals surface area contributed by atoms with E-state index in [9.17, 15) is 39.0 Å². The van der Waals surface area contributed by atoms with Gasteiger partial charge in [-0.15, -0.1) is 0 Å². The first kappa shape index (κ1) is 38.7. The molecular weight excluding hydrogens is 755 g/mol. The van der Waals surface area contributed by atoms with Crippen molar-refractivity contribution in [1.82, 2.24) is 25.4 Å². The molecule has 5 aromatic rings. The fourth-order valence-electron chi connectivity index (χ4n) is 9.61. The molecule has 6 amide bonds. The second-order valence-corrected chi connectivity index (χ2v) is 15.3. The molecule has 0 unspecified atom stereocenters. The molecule has 302 valence electrons. The fraction of sp³-hybridized carbons (Fsp3) is 0.273. The number of primary amides is 2. The summed E-state index contributed by atoms with van der Waals surface area (Å²) in [7, 11) is 0. The molecule has 3 heterocycles. The largest absolute Gasteiger partial charge is 0.465 e. The van der Waals surface area contributed by atoms with E-state index in [1.807, 2.05) is 24.3 Å². The fourth-order valence-corrected chi connectivity index (χ4v) is 9.61. The predicted molar refractivity (Wildman–Crippen MR) is 215 cm³/mol. The zero-order valence-electron chi connectivity index (χ0n) is 31.9. The van der Waals surface area contributed by atoms with Gasteiger partial charge in [-0.2, -0.15) is 0 Å². The lowest BCUT2D eigenvalue weighted by Crippen LogP contribution is -2.56. The minimum Gasteiger partial charge on any atom is -0.465 e. The summed E-state index contributed by atoms with van der Waals surface area (Å²) in [6.07, 6.45) is -0.149. The van der Waals surface area contributed by atoms with Gasteiger partial charge >= 0.3 is 12.2 Å². The van der Waals surface area contributed by atoms with Gasteiger partial charge in [0, 0.05) is 35.2 Å². The monoisotopic (exact) mass is 797 g/mol. The summed E-state index contributed by atoms with van der Waals surface area (Å²) in [6, 6.07) is 25.5. The van der Waals surface area contributed by atoms with E-state index in [0.29, 0.717) is 47.9 Å². The highest BCUT2D eigenvalue weighted by molar-refractivity contribution is 5.99. The molecule has 59 heavy (non-hydrogen) atoms. The van der Waals surface area contributed by atoms with Crippen LogP contribution >= 0.6 is 0 Å². The molecule has 4 atom stereocenters. The predicted octanol–water partition coefficient (Wildman–Crippen LogP) is 4.56. The molecule has 8 rings (SSSR count). The number of H-pyrrole nitrogens is 1. The number of nitrogens with zero attached hydrogens (tertiary/aromatic N) is 2. The zero-order valence-corrected chi connectivity index (χ0v) is 31.9. The molecule has 0 spiro atoms. The van der Waals surface area contributed by atoms with Crippen molar-refractivity contribution in [2.75, 3.05) is 13.1 Å².